The van der Waals surface area contributed by atoms with Crippen molar-refractivity contribution in [2.45, 2.75) is 58.8 Å². The second kappa shape index (κ2) is 12.9. The number of anilines is 2. The number of rotatable bonds is 12. The fourth-order valence-corrected chi connectivity index (χ4v) is 4.34. The topological polar surface area (TPSA) is 70.5 Å². The van der Waals surface area contributed by atoms with Crippen molar-refractivity contribution in [2.24, 2.45) is 0 Å². The van der Waals surface area contributed by atoms with Gasteiger partial charge in [-0.25, -0.2) is 0 Å². The van der Waals surface area contributed by atoms with E-state index in [0.717, 1.165) is 84.0 Å². The van der Waals surface area contributed by atoms with Gasteiger partial charge in [-0.15, -0.1) is 0 Å². The maximum Gasteiger partial charge on any atom is 0.130 e. The maximum atomic E-state index is 6.35. The molecule has 0 aliphatic carbocycles. The zero-order valence-electron chi connectivity index (χ0n) is 22.0. The summed E-state index contributed by atoms with van der Waals surface area (Å²) in [5.74, 6) is 3.24. The van der Waals surface area contributed by atoms with Crippen LogP contribution in [-0.2, 0) is 19.3 Å². The number of unbranched alkanes of at least 4 members (excludes halogenated alkanes) is 2. The van der Waals surface area contributed by atoms with Gasteiger partial charge in [-0.05, 0) is 109 Å². The summed E-state index contributed by atoms with van der Waals surface area (Å²) < 4.78 is 12.7. The number of benzene rings is 4. The van der Waals surface area contributed by atoms with Crippen LogP contribution < -0.4 is 20.9 Å². The first kappa shape index (κ1) is 26.2. The van der Waals surface area contributed by atoms with Crippen molar-refractivity contribution in [3.63, 3.8) is 0 Å². The minimum atomic E-state index is 0.703. The van der Waals surface area contributed by atoms with E-state index >= 15 is 0 Å². The van der Waals surface area contributed by atoms with Gasteiger partial charge in [0.2, 0.25) is 0 Å². The van der Waals surface area contributed by atoms with E-state index in [0.29, 0.717) is 6.42 Å². The summed E-state index contributed by atoms with van der Waals surface area (Å²) in [4.78, 5) is 0. The fraction of sp³-hybridized carbons (Fsp3) is 0.273. The fourth-order valence-electron chi connectivity index (χ4n) is 4.34. The predicted octanol–water partition coefficient (Wildman–Crippen LogP) is 8.71. The van der Waals surface area contributed by atoms with Crippen LogP contribution >= 0.6 is 0 Å². The summed E-state index contributed by atoms with van der Waals surface area (Å²) in [6.07, 6.45) is 7.46. The van der Waals surface area contributed by atoms with E-state index in [4.69, 9.17) is 20.9 Å². The van der Waals surface area contributed by atoms with Crippen molar-refractivity contribution in [1.82, 2.24) is 0 Å². The molecule has 0 saturated carbocycles. The van der Waals surface area contributed by atoms with Gasteiger partial charge in [0.1, 0.15) is 23.0 Å². The Morgan fingerprint density at radius 1 is 0.541 bits per heavy atom. The molecule has 37 heavy (non-hydrogen) atoms. The predicted molar refractivity (Wildman–Crippen MR) is 155 cm³/mol. The quantitative estimate of drug-likeness (QED) is 0.193. The molecule has 4 aromatic rings. The molecule has 0 radical (unpaired) electrons. The molecule has 0 aliphatic rings. The average Bonchev–Trinajstić information content (AvgIpc) is 2.91. The lowest BCUT2D eigenvalue weighted by atomic mass is 9.96. The van der Waals surface area contributed by atoms with Crippen LogP contribution in [0, 0.1) is 0 Å². The Kier molecular flexibility index (Phi) is 9.09. The molecule has 0 aromatic heterocycles. The number of hydrogen-bond acceptors (Lipinski definition) is 4. The Hall–Kier alpha value is -3.92. The van der Waals surface area contributed by atoms with Gasteiger partial charge in [0.25, 0.3) is 0 Å². The first-order chi connectivity index (χ1) is 18.0. The van der Waals surface area contributed by atoms with Gasteiger partial charge in [0, 0.05) is 17.8 Å². The van der Waals surface area contributed by atoms with Crippen LogP contribution in [-0.4, -0.2) is 0 Å². The zero-order chi connectivity index (χ0) is 26.0. The molecule has 0 saturated heterocycles. The van der Waals surface area contributed by atoms with E-state index in [1.165, 1.54) is 11.1 Å². The third-order valence-corrected chi connectivity index (χ3v) is 6.48. The number of hydrogen-bond donors (Lipinski definition) is 2. The molecule has 0 aliphatic heterocycles. The number of ether oxygens (including phenoxy) is 2. The molecule has 0 spiro atoms. The Balaban J connectivity index is 1.70. The largest absolute Gasteiger partial charge is 0.457 e. The Morgan fingerprint density at radius 3 is 1.32 bits per heavy atom. The lowest BCUT2D eigenvalue weighted by Gasteiger charge is -2.17. The molecule has 0 amide bonds. The van der Waals surface area contributed by atoms with Crippen LogP contribution in [0.5, 0.6) is 23.0 Å². The molecule has 0 bridgehead atoms. The van der Waals surface area contributed by atoms with Crippen LogP contribution in [0.4, 0.5) is 11.4 Å². The number of nitrogens with two attached hydrogens (primary N) is 2. The number of nitrogen functional groups attached to an aromatic ring is 2. The second-order valence-corrected chi connectivity index (χ2v) is 9.61. The highest BCUT2D eigenvalue weighted by Crippen LogP contribution is 2.34. The molecule has 4 N–H and O–H groups in total. The van der Waals surface area contributed by atoms with Crippen LogP contribution in [0.2, 0.25) is 0 Å². The summed E-state index contributed by atoms with van der Waals surface area (Å²) in [5.41, 5.74) is 18.1. The standard InChI is InChI=1S/C33H38N2O2/c1-3-5-7-24-9-19-32(36-30-15-11-28(34)12-16-30)26(21-24)23-27-22-25(8-6-4-2)10-20-33(27)37-31-17-13-29(35)14-18-31/h9-22H,3-8,23,34-35H2,1-2H3. The number of aryl methyl sites for hydroxylation is 2. The van der Waals surface area contributed by atoms with E-state index in [9.17, 15) is 0 Å². The van der Waals surface area contributed by atoms with Crippen molar-refractivity contribution in [1.29, 1.82) is 0 Å². The summed E-state index contributed by atoms with van der Waals surface area (Å²) in [6.45, 7) is 4.45. The highest BCUT2D eigenvalue weighted by molar-refractivity contribution is 5.50. The maximum absolute atomic E-state index is 6.35. The van der Waals surface area contributed by atoms with Crippen molar-refractivity contribution < 1.29 is 9.47 Å². The molecular weight excluding hydrogens is 456 g/mol. The van der Waals surface area contributed by atoms with Crippen molar-refractivity contribution in [2.75, 3.05) is 11.5 Å². The SMILES string of the molecule is CCCCc1ccc(Oc2ccc(N)cc2)c(Cc2cc(CCCC)ccc2Oc2ccc(N)cc2)c1. The molecule has 4 aromatic carbocycles. The highest BCUT2D eigenvalue weighted by Gasteiger charge is 2.13. The van der Waals surface area contributed by atoms with E-state index in [-0.39, 0.29) is 0 Å². The molecule has 0 unspecified atom stereocenters. The summed E-state index contributed by atoms with van der Waals surface area (Å²) in [6, 6.07) is 28.2. The van der Waals surface area contributed by atoms with Crippen molar-refractivity contribution >= 4 is 11.4 Å². The first-order valence-corrected chi connectivity index (χ1v) is 13.3. The zero-order valence-corrected chi connectivity index (χ0v) is 22.0. The summed E-state index contributed by atoms with van der Waals surface area (Å²) in [7, 11) is 0. The van der Waals surface area contributed by atoms with E-state index in [1.807, 2.05) is 48.5 Å². The van der Waals surface area contributed by atoms with Crippen LogP contribution in [0.3, 0.4) is 0 Å². The van der Waals surface area contributed by atoms with E-state index in [1.54, 1.807) is 0 Å². The van der Waals surface area contributed by atoms with Gasteiger partial charge in [0.05, 0.1) is 0 Å². The molecule has 0 atom stereocenters. The van der Waals surface area contributed by atoms with Crippen LogP contribution in [0.1, 0.15) is 61.8 Å². The minimum absolute atomic E-state index is 0.703. The Bertz CT molecular complexity index is 1180. The third-order valence-electron chi connectivity index (χ3n) is 6.48. The van der Waals surface area contributed by atoms with E-state index in [2.05, 4.69) is 50.2 Å². The molecule has 192 valence electrons. The minimum Gasteiger partial charge on any atom is -0.457 e. The molecule has 0 fully saturated rings. The monoisotopic (exact) mass is 494 g/mol. The molecule has 4 nitrogen and oxygen atoms in total. The van der Waals surface area contributed by atoms with Crippen molar-refractivity contribution in [3.05, 3.63) is 107 Å². The third kappa shape index (κ3) is 7.53. The molecule has 4 heteroatoms. The van der Waals surface area contributed by atoms with Crippen LogP contribution in [0.25, 0.3) is 0 Å². The van der Waals surface area contributed by atoms with Gasteiger partial charge < -0.3 is 20.9 Å². The van der Waals surface area contributed by atoms with Gasteiger partial charge in [0.15, 0.2) is 0 Å². The molecule has 4 rings (SSSR count). The molecular formula is C33H38N2O2. The van der Waals surface area contributed by atoms with Crippen molar-refractivity contribution in [3.8, 4) is 23.0 Å². The highest BCUT2D eigenvalue weighted by atomic mass is 16.5. The smallest absolute Gasteiger partial charge is 0.130 e. The normalized spacial score (nSPS) is 10.9. The lowest BCUT2D eigenvalue weighted by Crippen LogP contribution is -2.00. The van der Waals surface area contributed by atoms with E-state index < -0.39 is 0 Å². The Morgan fingerprint density at radius 2 is 0.946 bits per heavy atom. The second-order valence-electron chi connectivity index (χ2n) is 9.61. The Labute approximate surface area is 221 Å². The van der Waals surface area contributed by atoms with Gasteiger partial charge in [-0.3, -0.25) is 0 Å². The summed E-state index contributed by atoms with van der Waals surface area (Å²) >= 11 is 0. The van der Waals surface area contributed by atoms with Gasteiger partial charge in [-0.2, -0.15) is 0 Å². The van der Waals surface area contributed by atoms with Gasteiger partial charge in [-0.1, -0.05) is 51.0 Å². The van der Waals surface area contributed by atoms with Crippen LogP contribution in [0.15, 0.2) is 84.9 Å². The average molecular weight is 495 g/mol. The first-order valence-electron chi connectivity index (χ1n) is 13.3. The molecule has 0 heterocycles. The lowest BCUT2D eigenvalue weighted by molar-refractivity contribution is 0.471. The summed E-state index contributed by atoms with van der Waals surface area (Å²) in [5, 5.41) is 0. The van der Waals surface area contributed by atoms with Gasteiger partial charge >= 0.3 is 0 Å².